The van der Waals surface area contributed by atoms with Crippen molar-refractivity contribution in [3.8, 4) is 0 Å². The molecule has 2 aromatic carbocycles. The van der Waals surface area contributed by atoms with Crippen molar-refractivity contribution in [1.82, 2.24) is 9.88 Å². The predicted octanol–water partition coefficient (Wildman–Crippen LogP) is 4.14. The van der Waals surface area contributed by atoms with Crippen LogP contribution < -0.4 is 10.2 Å². The Balaban J connectivity index is 1.62. The highest BCUT2D eigenvalue weighted by atomic mass is 32.1. The Morgan fingerprint density at radius 2 is 1.73 bits per heavy atom. The zero-order valence-corrected chi connectivity index (χ0v) is 19.0. The first-order chi connectivity index (χ1) is 14.3. The SMILES string of the molecule is CCN(C(=O)CN(C)CC(=O)Nc1c(C)cc(C)cc1C)c1nc2ccccc2s1. The number of nitrogens with zero attached hydrogens (tertiary/aromatic N) is 3. The summed E-state index contributed by atoms with van der Waals surface area (Å²) in [6.45, 7) is 8.74. The third-order valence-corrected chi connectivity index (χ3v) is 5.95. The average Bonchev–Trinajstić information content (AvgIpc) is 3.08. The van der Waals surface area contributed by atoms with E-state index in [1.54, 1.807) is 16.8 Å². The van der Waals surface area contributed by atoms with Crippen LogP contribution in [-0.2, 0) is 9.59 Å². The van der Waals surface area contributed by atoms with E-state index < -0.39 is 0 Å². The summed E-state index contributed by atoms with van der Waals surface area (Å²) in [6, 6.07) is 11.9. The maximum atomic E-state index is 12.9. The molecule has 1 N–H and O–H groups in total. The fraction of sp³-hybridized carbons (Fsp3) is 0.348. The summed E-state index contributed by atoms with van der Waals surface area (Å²) >= 11 is 1.50. The van der Waals surface area contributed by atoms with Crippen LogP contribution in [0.3, 0.4) is 0 Å². The van der Waals surface area contributed by atoms with Gasteiger partial charge in [-0.1, -0.05) is 41.2 Å². The monoisotopic (exact) mass is 424 g/mol. The molecule has 0 saturated heterocycles. The summed E-state index contributed by atoms with van der Waals surface area (Å²) in [6.07, 6.45) is 0. The largest absolute Gasteiger partial charge is 0.324 e. The van der Waals surface area contributed by atoms with Gasteiger partial charge in [0.2, 0.25) is 11.8 Å². The Labute approximate surface area is 181 Å². The van der Waals surface area contributed by atoms with Gasteiger partial charge in [-0.3, -0.25) is 19.4 Å². The van der Waals surface area contributed by atoms with E-state index >= 15 is 0 Å². The average molecular weight is 425 g/mol. The molecule has 7 heteroatoms. The van der Waals surface area contributed by atoms with Crippen LogP contribution in [-0.4, -0.2) is 48.4 Å². The van der Waals surface area contributed by atoms with Crippen LogP contribution in [0.1, 0.15) is 23.6 Å². The topological polar surface area (TPSA) is 65.5 Å². The van der Waals surface area contributed by atoms with Gasteiger partial charge in [0.1, 0.15) is 0 Å². The number of nitrogens with one attached hydrogen (secondary N) is 1. The van der Waals surface area contributed by atoms with Crippen molar-refractivity contribution in [3.63, 3.8) is 0 Å². The number of aromatic nitrogens is 1. The molecule has 2 amide bonds. The van der Waals surface area contributed by atoms with Gasteiger partial charge < -0.3 is 5.32 Å². The molecule has 0 fully saturated rings. The standard InChI is InChI=1S/C23H28N4O2S/c1-6-27(23-24-18-9-7-8-10-19(18)30-23)21(29)14-26(5)13-20(28)25-22-16(3)11-15(2)12-17(22)4/h7-12H,6,13-14H2,1-5H3,(H,25,28). The maximum Gasteiger partial charge on any atom is 0.242 e. The number of para-hydroxylation sites is 1. The lowest BCUT2D eigenvalue weighted by molar-refractivity contribution is -0.121. The van der Waals surface area contributed by atoms with E-state index in [4.69, 9.17) is 0 Å². The molecule has 6 nitrogen and oxygen atoms in total. The minimum Gasteiger partial charge on any atom is -0.324 e. The minimum absolute atomic E-state index is 0.0745. The van der Waals surface area contributed by atoms with Crippen LogP contribution in [0.5, 0.6) is 0 Å². The highest BCUT2D eigenvalue weighted by molar-refractivity contribution is 7.22. The van der Waals surface area contributed by atoms with Crippen LogP contribution >= 0.6 is 11.3 Å². The van der Waals surface area contributed by atoms with E-state index in [1.165, 1.54) is 16.9 Å². The lowest BCUT2D eigenvalue weighted by atomic mass is 10.1. The molecule has 0 atom stereocenters. The molecular formula is C23H28N4O2S. The summed E-state index contributed by atoms with van der Waals surface area (Å²) in [5, 5.41) is 3.67. The third-order valence-electron chi connectivity index (χ3n) is 4.89. The zero-order chi connectivity index (χ0) is 21.8. The van der Waals surface area contributed by atoms with Gasteiger partial charge in [-0.15, -0.1) is 0 Å². The van der Waals surface area contributed by atoms with Crippen molar-refractivity contribution in [2.75, 3.05) is 36.9 Å². The molecule has 1 aromatic heterocycles. The lowest BCUT2D eigenvalue weighted by Gasteiger charge is -2.22. The van der Waals surface area contributed by atoms with Crippen molar-refractivity contribution in [1.29, 1.82) is 0 Å². The van der Waals surface area contributed by atoms with E-state index in [0.717, 1.165) is 27.0 Å². The zero-order valence-electron chi connectivity index (χ0n) is 18.2. The van der Waals surface area contributed by atoms with Gasteiger partial charge in [0.15, 0.2) is 5.13 Å². The molecule has 0 aliphatic heterocycles. The Morgan fingerprint density at radius 3 is 2.37 bits per heavy atom. The normalized spacial score (nSPS) is 11.1. The molecule has 0 unspecified atom stereocenters. The first-order valence-electron chi connectivity index (χ1n) is 10.0. The van der Waals surface area contributed by atoms with Crippen molar-refractivity contribution >= 4 is 44.2 Å². The van der Waals surface area contributed by atoms with E-state index in [2.05, 4.69) is 10.3 Å². The number of hydrogen-bond donors (Lipinski definition) is 1. The second kappa shape index (κ2) is 9.36. The van der Waals surface area contributed by atoms with Crippen molar-refractivity contribution in [2.45, 2.75) is 27.7 Å². The third kappa shape index (κ3) is 5.04. The number of anilines is 2. The smallest absolute Gasteiger partial charge is 0.242 e. The fourth-order valence-electron chi connectivity index (χ4n) is 3.57. The minimum atomic E-state index is -0.136. The van der Waals surface area contributed by atoms with Crippen LogP contribution in [0.25, 0.3) is 10.2 Å². The van der Waals surface area contributed by atoms with Crippen LogP contribution in [0.2, 0.25) is 0 Å². The van der Waals surface area contributed by atoms with Crippen molar-refractivity contribution in [3.05, 3.63) is 53.1 Å². The summed E-state index contributed by atoms with van der Waals surface area (Å²) < 4.78 is 1.05. The molecule has 0 aliphatic carbocycles. The summed E-state index contributed by atoms with van der Waals surface area (Å²) in [5.74, 6) is -0.210. The second-order valence-corrected chi connectivity index (χ2v) is 8.61. The van der Waals surface area contributed by atoms with Crippen LogP contribution in [0.4, 0.5) is 10.8 Å². The van der Waals surface area contributed by atoms with Gasteiger partial charge in [-0.25, -0.2) is 4.98 Å². The van der Waals surface area contributed by atoms with Gasteiger partial charge in [0.25, 0.3) is 0 Å². The van der Waals surface area contributed by atoms with Gasteiger partial charge >= 0.3 is 0 Å². The lowest BCUT2D eigenvalue weighted by Crippen LogP contribution is -2.41. The Hall–Kier alpha value is -2.77. The molecular weight excluding hydrogens is 396 g/mol. The molecule has 0 bridgehead atoms. The van der Waals surface area contributed by atoms with Gasteiger partial charge in [0, 0.05) is 12.2 Å². The number of carbonyl (C=O) groups excluding carboxylic acids is 2. The Kier molecular flexibility index (Phi) is 6.84. The van der Waals surface area contributed by atoms with E-state index in [9.17, 15) is 9.59 Å². The Morgan fingerprint density at radius 1 is 1.07 bits per heavy atom. The van der Waals surface area contributed by atoms with Gasteiger partial charge in [-0.2, -0.15) is 0 Å². The molecule has 3 rings (SSSR count). The number of hydrogen-bond acceptors (Lipinski definition) is 5. The molecule has 3 aromatic rings. The summed E-state index contributed by atoms with van der Waals surface area (Å²) in [4.78, 5) is 33.4. The summed E-state index contributed by atoms with van der Waals surface area (Å²) in [7, 11) is 1.78. The number of carbonyl (C=O) groups is 2. The van der Waals surface area contributed by atoms with Crippen molar-refractivity contribution < 1.29 is 9.59 Å². The van der Waals surface area contributed by atoms with Gasteiger partial charge in [0.05, 0.1) is 23.3 Å². The number of rotatable bonds is 7. The number of amides is 2. The predicted molar refractivity (Wildman–Crippen MR) is 124 cm³/mol. The first-order valence-corrected chi connectivity index (χ1v) is 10.8. The molecule has 0 saturated carbocycles. The molecule has 158 valence electrons. The number of aryl methyl sites for hydroxylation is 3. The summed E-state index contributed by atoms with van der Waals surface area (Å²) in [5.41, 5.74) is 4.97. The highest BCUT2D eigenvalue weighted by Gasteiger charge is 2.20. The molecule has 0 spiro atoms. The maximum absolute atomic E-state index is 12.9. The molecule has 0 aliphatic rings. The van der Waals surface area contributed by atoms with E-state index in [-0.39, 0.29) is 24.9 Å². The van der Waals surface area contributed by atoms with E-state index in [0.29, 0.717) is 11.7 Å². The van der Waals surface area contributed by atoms with E-state index in [1.807, 2.05) is 64.1 Å². The number of benzene rings is 2. The van der Waals surface area contributed by atoms with Crippen LogP contribution in [0.15, 0.2) is 36.4 Å². The number of likely N-dealkylation sites (N-methyl/N-ethyl adjacent to an activating group) is 2. The highest BCUT2D eigenvalue weighted by Crippen LogP contribution is 2.28. The fourth-order valence-corrected chi connectivity index (χ4v) is 4.61. The quantitative estimate of drug-likeness (QED) is 0.619. The van der Waals surface area contributed by atoms with Gasteiger partial charge in [-0.05, 0) is 58.0 Å². The molecule has 1 heterocycles. The Bertz CT molecular complexity index is 1020. The second-order valence-electron chi connectivity index (χ2n) is 7.60. The van der Waals surface area contributed by atoms with Crippen molar-refractivity contribution in [2.24, 2.45) is 0 Å². The van der Waals surface area contributed by atoms with Crippen LogP contribution in [0, 0.1) is 20.8 Å². The first kappa shape index (κ1) is 21.9. The number of fused-ring (bicyclic) bond motifs is 1. The molecule has 30 heavy (non-hydrogen) atoms. The number of thiazole rings is 1. The molecule has 0 radical (unpaired) electrons.